The van der Waals surface area contributed by atoms with E-state index >= 15 is 0 Å². The van der Waals surface area contributed by atoms with E-state index in [1.165, 1.54) is 0 Å². The molecule has 2 heteroatoms. The Morgan fingerprint density at radius 3 is 2.29 bits per heavy atom. The summed E-state index contributed by atoms with van der Waals surface area (Å²) in [5.74, 6) is 0.955. The summed E-state index contributed by atoms with van der Waals surface area (Å²) < 4.78 is 2.19. The van der Waals surface area contributed by atoms with Crippen LogP contribution in [0.1, 0.15) is 0 Å². The highest BCUT2D eigenvalue weighted by atomic mass is 15.1. The van der Waals surface area contributed by atoms with Crippen LogP contribution >= 0.6 is 0 Å². The fourth-order valence-corrected chi connectivity index (χ4v) is 2.59. The molecule has 0 unspecified atom stereocenters. The van der Waals surface area contributed by atoms with Gasteiger partial charge in [-0.15, -0.1) is 0 Å². The largest absolute Gasteiger partial charge is 0.292 e. The number of aromatic nitrogens is 2. The van der Waals surface area contributed by atoms with Gasteiger partial charge in [0, 0.05) is 11.3 Å². The summed E-state index contributed by atoms with van der Waals surface area (Å²) in [5.41, 5.74) is 4.28. The first kappa shape index (κ1) is 11.9. The second-order valence-electron chi connectivity index (χ2n) is 4.89. The fourth-order valence-electron chi connectivity index (χ4n) is 2.59. The first-order valence-corrected chi connectivity index (χ1v) is 6.93. The van der Waals surface area contributed by atoms with Gasteiger partial charge in [0.1, 0.15) is 5.82 Å². The van der Waals surface area contributed by atoms with Gasteiger partial charge in [-0.2, -0.15) is 0 Å². The molecule has 0 saturated heterocycles. The van der Waals surface area contributed by atoms with Gasteiger partial charge in [0.15, 0.2) is 0 Å². The summed E-state index contributed by atoms with van der Waals surface area (Å²) in [7, 11) is 0. The summed E-state index contributed by atoms with van der Waals surface area (Å²) >= 11 is 0. The van der Waals surface area contributed by atoms with E-state index < -0.39 is 0 Å². The zero-order valence-electron chi connectivity index (χ0n) is 11.4. The molecule has 3 aromatic carbocycles. The van der Waals surface area contributed by atoms with Gasteiger partial charge in [-0.1, -0.05) is 54.6 Å². The van der Waals surface area contributed by atoms with Crippen LogP contribution in [-0.2, 0) is 0 Å². The van der Waals surface area contributed by atoms with Crippen molar-refractivity contribution in [2.45, 2.75) is 0 Å². The third-order valence-electron chi connectivity index (χ3n) is 3.55. The molecule has 0 atom stereocenters. The third kappa shape index (κ3) is 2.01. The molecule has 1 aromatic heterocycles. The SMILES string of the molecule is [c]1ccc2c(c1)nc(-c1ccccc1)n2-c1ccccc1. The molecular formula is C19H13N2. The van der Waals surface area contributed by atoms with Crippen molar-refractivity contribution in [1.82, 2.24) is 9.55 Å². The van der Waals surface area contributed by atoms with Gasteiger partial charge < -0.3 is 0 Å². The van der Waals surface area contributed by atoms with Crippen LogP contribution in [0.5, 0.6) is 0 Å². The molecule has 0 aliphatic carbocycles. The fraction of sp³-hybridized carbons (Fsp3) is 0. The molecule has 4 aromatic rings. The van der Waals surface area contributed by atoms with Gasteiger partial charge in [-0.25, -0.2) is 4.98 Å². The Morgan fingerprint density at radius 1 is 0.810 bits per heavy atom. The highest BCUT2D eigenvalue weighted by Crippen LogP contribution is 2.28. The van der Waals surface area contributed by atoms with Gasteiger partial charge in [-0.05, 0) is 30.3 Å². The van der Waals surface area contributed by atoms with E-state index in [0.29, 0.717) is 0 Å². The standard InChI is InChI=1S/C19H13N2/c1-3-9-15(10-4-1)19-20-17-13-7-8-14-18(17)21(19)16-11-5-2-6-12-16/h1-6,8-14H. The van der Waals surface area contributed by atoms with Gasteiger partial charge in [0.25, 0.3) is 0 Å². The number of hydrogen-bond donors (Lipinski definition) is 0. The van der Waals surface area contributed by atoms with E-state index in [-0.39, 0.29) is 0 Å². The van der Waals surface area contributed by atoms with E-state index in [9.17, 15) is 0 Å². The van der Waals surface area contributed by atoms with Crippen molar-refractivity contribution >= 4 is 11.0 Å². The maximum atomic E-state index is 4.79. The zero-order chi connectivity index (χ0) is 14.1. The minimum atomic E-state index is 0.955. The van der Waals surface area contributed by atoms with Crippen LogP contribution in [0.25, 0.3) is 28.1 Å². The van der Waals surface area contributed by atoms with Crippen LogP contribution in [0.2, 0.25) is 0 Å². The molecule has 0 N–H and O–H groups in total. The molecule has 0 spiro atoms. The van der Waals surface area contributed by atoms with Crippen molar-refractivity contribution in [3.8, 4) is 17.1 Å². The van der Waals surface area contributed by atoms with Crippen LogP contribution in [0.3, 0.4) is 0 Å². The van der Waals surface area contributed by atoms with Crippen molar-refractivity contribution in [3.63, 3.8) is 0 Å². The van der Waals surface area contributed by atoms with Gasteiger partial charge in [-0.3, -0.25) is 4.57 Å². The van der Waals surface area contributed by atoms with E-state index in [2.05, 4.69) is 41.0 Å². The average Bonchev–Trinajstić information content (AvgIpc) is 2.96. The maximum absolute atomic E-state index is 4.79. The normalized spacial score (nSPS) is 10.9. The molecule has 2 nitrogen and oxygen atoms in total. The van der Waals surface area contributed by atoms with Crippen LogP contribution in [-0.4, -0.2) is 9.55 Å². The maximum Gasteiger partial charge on any atom is 0.145 e. The Labute approximate surface area is 123 Å². The summed E-state index contributed by atoms with van der Waals surface area (Å²) in [6, 6.07) is 29.6. The number of hydrogen-bond acceptors (Lipinski definition) is 1. The molecule has 99 valence electrons. The number of rotatable bonds is 2. The molecule has 4 rings (SSSR count). The molecule has 0 bridgehead atoms. The Morgan fingerprint density at radius 2 is 1.52 bits per heavy atom. The number of para-hydroxylation sites is 1. The minimum Gasteiger partial charge on any atom is -0.292 e. The first-order chi connectivity index (χ1) is 10.4. The molecule has 0 amide bonds. The second-order valence-corrected chi connectivity index (χ2v) is 4.89. The Balaban J connectivity index is 2.07. The number of fused-ring (bicyclic) bond motifs is 1. The van der Waals surface area contributed by atoms with Gasteiger partial charge >= 0.3 is 0 Å². The number of benzene rings is 3. The molecule has 0 aliphatic heterocycles. The Bertz CT molecular complexity index is 877. The lowest BCUT2D eigenvalue weighted by molar-refractivity contribution is 1.10. The summed E-state index contributed by atoms with van der Waals surface area (Å²) in [6.45, 7) is 0. The Kier molecular flexibility index (Phi) is 2.79. The van der Waals surface area contributed by atoms with Crippen molar-refractivity contribution in [2.75, 3.05) is 0 Å². The molecule has 1 heterocycles. The molecule has 0 saturated carbocycles. The van der Waals surface area contributed by atoms with Crippen molar-refractivity contribution in [2.24, 2.45) is 0 Å². The summed E-state index contributed by atoms with van der Waals surface area (Å²) in [6.07, 6.45) is 0. The minimum absolute atomic E-state index is 0.955. The van der Waals surface area contributed by atoms with Crippen LogP contribution in [0.4, 0.5) is 0 Å². The molecule has 0 aliphatic rings. The third-order valence-corrected chi connectivity index (χ3v) is 3.55. The predicted octanol–water partition coefficient (Wildman–Crippen LogP) is 4.49. The molecule has 1 radical (unpaired) electrons. The van der Waals surface area contributed by atoms with Gasteiger partial charge in [0.2, 0.25) is 0 Å². The second kappa shape index (κ2) is 4.91. The lowest BCUT2D eigenvalue weighted by Gasteiger charge is -2.09. The molecule has 0 fully saturated rings. The van der Waals surface area contributed by atoms with Crippen LogP contribution < -0.4 is 0 Å². The van der Waals surface area contributed by atoms with Crippen molar-refractivity contribution in [3.05, 3.63) is 84.9 Å². The van der Waals surface area contributed by atoms with E-state index in [1.807, 2.05) is 48.5 Å². The lowest BCUT2D eigenvalue weighted by atomic mass is 10.2. The molecule has 21 heavy (non-hydrogen) atoms. The average molecular weight is 269 g/mol. The quantitative estimate of drug-likeness (QED) is 0.524. The smallest absolute Gasteiger partial charge is 0.145 e. The van der Waals surface area contributed by atoms with Crippen LogP contribution in [0, 0.1) is 6.07 Å². The zero-order valence-corrected chi connectivity index (χ0v) is 11.4. The predicted molar refractivity (Wildman–Crippen MR) is 85.3 cm³/mol. The highest BCUT2D eigenvalue weighted by Gasteiger charge is 2.13. The van der Waals surface area contributed by atoms with Crippen molar-refractivity contribution in [1.29, 1.82) is 0 Å². The Hall–Kier alpha value is -2.87. The summed E-state index contributed by atoms with van der Waals surface area (Å²) in [4.78, 5) is 4.79. The van der Waals surface area contributed by atoms with E-state index in [4.69, 9.17) is 4.98 Å². The lowest BCUT2D eigenvalue weighted by Crippen LogP contribution is -1.96. The van der Waals surface area contributed by atoms with E-state index in [0.717, 1.165) is 28.1 Å². The van der Waals surface area contributed by atoms with Gasteiger partial charge in [0.05, 0.1) is 11.0 Å². The topological polar surface area (TPSA) is 17.8 Å². The number of imidazole rings is 1. The molecular weight excluding hydrogens is 256 g/mol. The first-order valence-electron chi connectivity index (χ1n) is 6.93. The van der Waals surface area contributed by atoms with Crippen LogP contribution in [0.15, 0.2) is 78.9 Å². The summed E-state index contributed by atoms with van der Waals surface area (Å²) in [5, 5.41) is 0. The van der Waals surface area contributed by atoms with Crippen molar-refractivity contribution < 1.29 is 0 Å². The van der Waals surface area contributed by atoms with E-state index in [1.54, 1.807) is 0 Å². The highest BCUT2D eigenvalue weighted by molar-refractivity contribution is 5.83. The monoisotopic (exact) mass is 269 g/mol. The number of nitrogens with zero attached hydrogens (tertiary/aromatic N) is 2.